The summed E-state index contributed by atoms with van der Waals surface area (Å²) in [6.07, 6.45) is 0. The number of hydrogen-bond donors (Lipinski definition) is 1. The average Bonchev–Trinajstić information content (AvgIpc) is 2.60. The highest BCUT2D eigenvalue weighted by Gasteiger charge is 2.18. The van der Waals surface area contributed by atoms with Crippen molar-refractivity contribution in [1.29, 1.82) is 0 Å². The molecule has 2 aromatic carbocycles. The first-order chi connectivity index (χ1) is 12.8. The van der Waals surface area contributed by atoms with Gasteiger partial charge in [-0.25, -0.2) is 4.39 Å². The minimum absolute atomic E-state index is 0.152. The largest absolute Gasteiger partial charge is 0.332 e. The van der Waals surface area contributed by atoms with Gasteiger partial charge in [-0.2, -0.15) is 0 Å². The van der Waals surface area contributed by atoms with Crippen molar-refractivity contribution < 1.29 is 14.0 Å². The molecule has 0 saturated heterocycles. The number of halogens is 1. The number of hydrogen-bond acceptors (Lipinski definition) is 3. The van der Waals surface area contributed by atoms with Crippen LogP contribution >= 0.6 is 0 Å². The van der Waals surface area contributed by atoms with Gasteiger partial charge < -0.3 is 10.2 Å². The number of amides is 2. The number of likely N-dealkylation sites (N-methyl/N-ethyl adjacent to an activating group) is 1. The Morgan fingerprint density at radius 3 is 2.63 bits per heavy atom. The average molecular weight is 365 g/mol. The van der Waals surface area contributed by atoms with E-state index in [1.165, 1.54) is 23.1 Å². The third-order valence-corrected chi connectivity index (χ3v) is 4.23. The van der Waals surface area contributed by atoms with Crippen molar-refractivity contribution >= 4 is 28.4 Å². The van der Waals surface area contributed by atoms with E-state index in [4.69, 9.17) is 0 Å². The van der Waals surface area contributed by atoms with E-state index in [9.17, 15) is 14.0 Å². The van der Waals surface area contributed by atoms with Gasteiger partial charge in [0.1, 0.15) is 5.82 Å². The van der Waals surface area contributed by atoms with Crippen molar-refractivity contribution in [2.45, 2.75) is 13.8 Å². The number of nitrogens with zero attached hydrogens (tertiary/aromatic N) is 2. The van der Waals surface area contributed by atoms with Gasteiger partial charge in [-0.1, -0.05) is 17.7 Å². The van der Waals surface area contributed by atoms with Crippen LogP contribution in [0, 0.1) is 19.7 Å². The number of nitrogens with one attached hydrogen (secondary N) is 1. The predicted octanol–water partition coefficient (Wildman–Crippen LogP) is 3.70. The molecule has 0 bridgehead atoms. The summed E-state index contributed by atoms with van der Waals surface area (Å²) in [4.78, 5) is 30.8. The SMILES string of the molecule is Cc1ccc2nc(C)c(C(=O)N(C)CC(=O)Nc3cccc(F)c3)cc2c1. The molecule has 138 valence electrons. The second-order valence-corrected chi connectivity index (χ2v) is 6.54. The van der Waals surface area contributed by atoms with Crippen LogP contribution < -0.4 is 5.32 Å². The molecule has 5 nitrogen and oxygen atoms in total. The van der Waals surface area contributed by atoms with E-state index in [0.717, 1.165) is 16.5 Å². The van der Waals surface area contributed by atoms with Crippen LogP contribution in [0.4, 0.5) is 10.1 Å². The topological polar surface area (TPSA) is 62.3 Å². The fourth-order valence-electron chi connectivity index (χ4n) is 2.87. The van der Waals surface area contributed by atoms with Crippen LogP contribution in [0.15, 0.2) is 48.5 Å². The number of benzene rings is 2. The van der Waals surface area contributed by atoms with Crippen molar-refractivity contribution in [1.82, 2.24) is 9.88 Å². The lowest BCUT2D eigenvalue weighted by Crippen LogP contribution is -2.35. The van der Waals surface area contributed by atoms with Crippen LogP contribution in [0.3, 0.4) is 0 Å². The number of aromatic nitrogens is 1. The maximum atomic E-state index is 13.2. The molecule has 0 aliphatic rings. The fourth-order valence-corrected chi connectivity index (χ4v) is 2.87. The third-order valence-electron chi connectivity index (χ3n) is 4.23. The Morgan fingerprint density at radius 1 is 1.11 bits per heavy atom. The first-order valence-electron chi connectivity index (χ1n) is 8.52. The van der Waals surface area contributed by atoms with Gasteiger partial charge in [-0.15, -0.1) is 0 Å². The maximum Gasteiger partial charge on any atom is 0.255 e. The molecule has 1 N–H and O–H groups in total. The van der Waals surface area contributed by atoms with Crippen molar-refractivity contribution in [2.75, 3.05) is 18.9 Å². The molecule has 0 unspecified atom stereocenters. The molecular formula is C21H20FN3O2. The molecule has 0 saturated carbocycles. The zero-order chi connectivity index (χ0) is 19.6. The zero-order valence-electron chi connectivity index (χ0n) is 15.4. The molecule has 1 aromatic heterocycles. The highest BCUT2D eigenvalue weighted by Crippen LogP contribution is 2.19. The predicted molar refractivity (Wildman–Crippen MR) is 103 cm³/mol. The number of anilines is 1. The zero-order valence-corrected chi connectivity index (χ0v) is 15.4. The second kappa shape index (κ2) is 7.53. The van der Waals surface area contributed by atoms with Crippen LogP contribution in [-0.4, -0.2) is 35.3 Å². The summed E-state index contributed by atoms with van der Waals surface area (Å²) in [7, 11) is 1.55. The number of carbonyl (C=O) groups excluding carboxylic acids is 2. The van der Waals surface area contributed by atoms with Gasteiger partial charge in [0.25, 0.3) is 5.91 Å². The third kappa shape index (κ3) is 4.28. The summed E-state index contributed by atoms with van der Waals surface area (Å²) >= 11 is 0. The Kier molecular flexibility index (Phi) is 5.16. The Balaban J connectivity index is 1.75. The standard InChI is InChI=1S/C21H20FN3O2/c1-13-7-8-19-15(9-13)10-18(14(2)23-19)21(27)25(3)12-20(26)24-17-6-4-5-16(22)11-17/h4-11H,12H2,1-3H3,(H,24,26). The Bertz CT molecular complexity index is 1030. The molecule has 3 aromatic rings. The van der Waals surface area contributed by atoms with Crippen molar-refractivity contribution in [3.8, 4) is 0 Å². The maximum absolute atomic E-state index is 13.2. The minimum atomic E-state index is -0.439. The highest BCUT2D eigenvalue weighted by atomic mass is 19.1. The highest BCUT2D eigenvalue weighted by molar-refractivity contribution is 6.01. The number of rotatable bonds is 4. The molecule has 0 aliphatic carbocycles. The molecule has 3 rings (SSSR count). The van der Waals surface area contributed by atoms with Gasteiger partial charge in [0.2, 0.25) is 5.91 Å². The van der Waals surface area contributed by atoms with Crippen molar-refractivity contribution in [2.24, 2.45) is 0 Å². The molecule has 0 aliphatic heterocycles. The summed E-state index contributed by atoms with van der Waals surface area (Å²) in [6, 6.07) is 13.3. The van der Waals surface area contributed by atoms with Crippen LogP contribution in [0.2, 0.25) is 0 Å². The summed E-state index contributed by atoms with van der Waals surface area (Å²) in [5.74, 6) is -1.14. The molecule has 6 heteroatoms. The number of pyridine rings is 1. The normalized spacial score (nSPS) is 10.7. The van der Waals surface area contributed by atoms with Gasteiger partial charge >= 0.3 is 0 Å². The van der Waals surface area contributed by atoms with Gasteiger partial charge in [-0.05, 0) is 50.2 Å². The lowest BCUT2D eigenvalue weighted by Gasteiger charge is -2.18. The monoisotopic (exact) mass is 365 g/mol. The first kappa shape index (κ1) is 18.5. The van der Waals surface area contributed by atoms with Crippen molar-refractivity contribution in [3.05, 3.63) is 71.2 Å². The van der Waals surface area contributed by atoms with Gasteiger partial charge in [0, 0.05) is 18.1 Å². The first-order valence-corrected chi connectivity index (χ1v) is 8.52. The molecule has 0 spiro atoms. The Labute approximate surface area is 156 Å². The van der Waals surface area contributed by atoms with Gasteiger partial charge in [0.05, 0.1) is 23.3 Å². The summed E-state index contributed by atoms with van der Waals surface area (Å²) in [6.45, 7) is 3.59. The van der Waals surface area contributed by atoms with E-state index in [2.05, 4.69) is 10.3 Å². The second-order valence-electron chi connectivity index (χ2n) is 6.54. The number of carbonyl (C=O) groups is 2. The van der Waals surface area contributed by atoms with E-state index in [0.29, 0.717) is 16.9 Å². The lowest BCUT2D eigenvalue weighted by atomic mass is 10.1. The summed E-state index contributed by atoms with van der Waals surface area (Å²) in [5.41, 5.74) is 3.30. The minimum Gasteiger partial charge on any atom is -0.332 e. The molecule has 27 heavy (non-hydrogen) atoms. The quantitative estimate of drug-likeness (QED) is 0.767. The van der Waals surface area contributed by atoms with E-state index >= 15 is 0 Å². The number of fused-ring (bicyclic) bond motifs is 1. The Morgan fingerprint density at radius 2 is 1.89 bits per heavy atom. The molecule has 0 fully saturated rings. The van der Waals surface area contributed by atoms with Gasteiger partial charge in [-0.3, -0.25) is 14.6 Å². The fraction of sp³-hybridized carbons (Fsp3) is 0.190. The van der Waals surface area contributed by atoms with Crippen LogP contribution in [-0.2, 0) is 4.79 Å². The molecule has 0 atom stereocenters. The van der Waals surface area contributed by atoms with Crippen molar-refractivity contribution in [3.63, 3.8) is 0 Å². The van der Waals surface area contributed by atoms with E-state index < -0.39 is 11.7 Å². The summed E-state index contributed by atoms with van der Waals surface area (Å²) in [5, 5.41) is 3.46. The van der Waals surface area contributed by atoms with E-state index in [1.807, 2.05) is 25.1 Å². The van der Waals surface area contributed by atoms with Crippen LogP contribution in [0.25, 0.3) is 10.9 Å². The molecular weight excluding hydrogens is 345 g/mol. The van der Waals surface area contributed by atoms with Gasteiger partial charge in [0.15, 0.2) is 0 Å². The Hall–Kier alpha value is -3.28. The van der Waals surface area contributed by atoms with Crippen LogP contribution in [0.1, 0.15) is 21.6 Å². The van der Waals surface area contributed by atoms with E-state index in [-0.39, 0.29) is 12.5 Å². The number of aryl methyl sites for hydroxylation is 2. The molecule has 0 radical (unpaired) electrons. The van der Waals surface area contributed by atoms with Crippen LogP contribution in [0.5, 0.6) is 0 Å². The molecule has 1 heterocycles. The summed E-state index contributed by atoms with van der Waals surface area (Å²) < 4.78 is 13.2. The molecule has 2 amide bonds. The lowest BCUT2D eigenvalue weighted by molar-refractivity contribution is -0.116. The van der Waals surface area contributed by atoms with E-state index in [1.54, 1.807) is 26.1 Å². The smallest absolute Gasteiger partial charge is 0.255 e.